The molecule has 1 fully saturated rings. The Morgan fingerprint density at radius 2 is 2.00 bits per heavy atom. The van der Waals surface area contributed by atoms with E-state index in [2.05, 4.69) is 16.1 Å². The Morgan fingerprint density at radius 1 is 1.33 bits per heavy atom. The lowest BCUT2D eigenvalue weighted by atomic mass is 10.1. The molecule has 1 unspecified atom stereocenters. The maximum absolute atomic E-state index is 12.5. The standard InChI is InChI=1S/C17H30N2O2/c1-5-6-7-10-13-21-14-15(19-11-8-9-12-19)16(20)18-17(2,3)4/h1,15H,6-14H2,2-4H3,(H,18,20). The number of hydrogen-bond donors (Lipinski definition) is 1. The first-order chi connectivity index (χ1) is 9.94. The van der Waals surface area contributed by atoms with Crippen molar-refractivity contribution < 1.29 is 9.53 Å². The Labute approximate surface area is 129 Å². The maximum atomic E-state index is 12.5. The molecule has 4 heteroatoms. The summed E-state index contributed by atoms with van der Waals surface area (Å²) in [5, 5.41) is 3.07. The highest BCUT2D eigenvalue weighted by Gasteiger charge is 2.30. The van der Waals surface area contributed by atoms with Gasteiger partial charge in [-0.1, -0.05) is 0 Å². The van der Waals surface area contributed by atoms with Crippen LogP contribution < -0.4 is 5.32 Å². The number of likely N-dealkylation sites (tertiary alicyclic amines) is 1. The summed E-state index contributed by atoms with van der Waals surface area (Å²) in [6, 6.07) is -0.167. The number of hydrogen-bond acceptors (Lipinski definition) is 3. The Balaban J connectivity index is 2.41. The van der Waals surface area contributed by atoms with Crippen LogP contribution in [0.4, 0.5) is 0 Å². The van der Waals surface area contributed by atoms with E-state index in [-0.39, 0.29) is 17.5 Å². The summed E-state index contributed by atoms with van der Waals surface area (Å²) < 4.78 is 5.72. The van der Waals surface area contributed by atoms with Crippen molar-refractivity contribution in [2.45, 2.75) is 64.5 Å². The van der Waals surface area contributed by atoms with Crippen LogP contribution >= 0.6 is 0 Å². The van der Waals surface area contributed by atoms with Crippen molar-refractivity contribution in [3.8, 4) is 12.3 Å². The lowest BCUT2D eigenvalue weighted by Gasteiger charge is -2.30. The van der Waals surface area contributed by atoms with Crippen molar-refractivity contribution in [2.75, 3.05) is 26.3 Å². The first-order valence-electron chi connectivity index (χ1n) is 8.01. The third-order valence-corrected chi connectivity index (χ3v) is 3.52. The van der Waals surface area contributed by atoms with Crippen LogP contribution in [0.15, 0.2) is 0 Å². The predicted molar refractivity (Wildman–Crippen MR) is 86.0 cm³/mol. The normalized spacial score (nSPS) is 17.4. The largest absolute Gasteiger partial charge is 0.379 e. The van der Waals surface area contributed by atoms with E-state index in [0.29, 0.717) is 13.2 Å². The third-order valence-electron chi connectivity index (χ3n) is 3.52. The van der Waals surface area contributed by atoms with Gasteiger partial charge in [-0.15, -0.1) is 12.3 Å². The van der Waals surface area contributed by atoms with Gasteiger partial charge in [-0.05, 0) is 59.5 Å². The molecule has 0 aliphatic carbocycles. The van der Waals surface area contributed by atoms with Crippen LogP contribution in [0.3, 0.4) is 0 Å². The van der Waals surface area contributed by atoms with E-state index in [1.54, 1.807) is 0 Å². The molecule has 1 heterocycles. The van der Waals surface area contributed by atoms with Crippen molar-refractivity contribution in [3.05, 3.63) is 0 Å². The molecule has 0 radical (unpaired) electrons. The summed E-state index contributed by atoms with van der Waals surface area (Å²) in [6.45, 7) is 9.14. The van der Waals surface area contributed by atoms with Gasteiger partial charge in [-0.2, -0.15) is 0 Å². The molecule has 0 aromatic carbocycles. The Kier molecular flexibility index (Phi) is 7.77. The van der Waals surface area contributed by atoms with E-state index in [4.69, 9.17) is 11.2 Å². The van der Waals surface area contributed by atoms with Crippen LogP contribution in [0.2, 0.25) is 0 Å². The highest BCUT2D eigenvalue weighted by Crippen LogP contribution is 2.14. The number of rotatable bonds is 8. The molecule has 0 aromatic rings. The number of carbonyl (C=O) groups is 1. The number of nitrogens with one attached hydrogen (secondary N) is 1. The van der Waals surface area contributed by atoms with E-state index in [0.717, 1.165) is 32.4 Å². The second-order valence-electron chi connectivity index (χ2n) is 6.73. The fourth-order valence-electron chi connectivity index (χ4n) is 2.48. The number of unbranched alkanes of at least 4 members (excludes halogenated alkanes) is 2. The van der Waals surface area contributed by atoms with Crippen LogP contribution in [0.25, 0.3) is 0 Å². The van der Waals surface area contributed by atoms with Crippen LogP contribution in [0.1, 0.15) is 52.9 Å². The van der Waals surface area contributed by atoms with Crippen molar-refractivity contribution in [3.63, 3.8) is 0 Å². The molecule has 0 spiro atoms. The summed E-state index contributed by atoms with van der Waals surface area (Å²) in [5.41, 5.74) is -0.206. The van der Waals surface area contributed by atoms with Gasteiger partial charge in [0.05, 0.1) is 6.61 Å². The Morgan fingerprint density at radius 3 is 2.57 bits per heavy atom. The second-order valence-corrected chi connectivity index (χ2v) is 6.73. The maximum Gasteiger partial charge on any atom is 0.240 e. The lowest BCUT2D eigenvalue weighted by molar-refractivity contribution is -0.129. The first-order valence-corrected chi connectivity index (χ1v) is 8.01. The topological polar surface area (TPSA) is 41.6 Å². The molecule has 1 rings (SSSR count). The van der Waals surface area contributed by atoms with Gasteiger partial charge in [0.25, 0.3) is 0 Å². The zero-order valence-corrected chi connectivity index (χ0v) is 13.8. The van der Waals surface area contributed by atoms with Crippen LogP contribution in [-0.2, 0) is 9.53 Å². The monoisotopic (exact) mass is 294 g/mol. The predicted octanol–water partition coefficient (Wildman–Crippen LogP) is 2.19. The lowest BCUT2D eigenvalue weighted by Crippen LogP contribution is -2.53. The number of amides is 1. The van der Waals surface area contributed by atoms with Crippen molar-refractivity contribution >= 4 is 5.91 Å². The molecule has 1 aliphatic rings. The van der Waals surface area contributed by atoms with Gasteiger partial charge in [-0.3, -0.25) is 9.69 Å². The van der Waals surface area contributed by atoms with E-state index < -0.39 is 0 Å². The van der Waals surface area contributed by atoms with Gasteiger partial charge >= 0.3 is 0 Å². The van der Waals surface area contributed by atoms with Gasteiger partial charge in [-0.25, -0.2) is 0 Å². The molecule has 1 saturated heterocycles. The van der Waals surface area contributed by atoms with Crippen molar-refractivity contribution in [1.82, 2.24) is 10.2 Å². The summed E-state index contributed by atoms with van der Waals surface area (Å²) >= 11 is 0. The minimum atomic E-state index is -0.206. The Bertz CT molecular complexity index is 349. The van der Waals surface area contributed by atoms with Crippen LogP contribution in [-0.4, -0.2) is 48.7 Å². The molecule has 21 heavy (non-hydrogen) atoms. The van der Waals surface area contributed by atoms with Gasteiger partial charge in [0.1, 0.15) is 6.04 Å². The van der Waals surface area contributed by atoms with Crippen LogP contribution in [0.5, 0.6) is 0 Å². The molecule has 120 valence electrons. The number of ether oxygens (including phenoxy) is 1. The van der Waals surface area contributed by atoms with Gasteiger partial charge in [0.15, 0.2) is 0 Å². The fourth-order valence-corrected chi connectivity index (χ4v) is 2.48. The van der Waals surface area contributed by atoms with E-state index in [1.807, 2.05) is 20.8 Å². The smallest absolute Gasteiger partial charge is 0.240 e. The third kappa shape index (κ3) is 7.50. The van der Waals surface area contributed by atoms with Crippen molar-refractivity contribution in [1.29, 1.82) is 0 Å². The molecule has 0 aromatic heterocycles. The minimum absolute atomic E-state index is 0.0769. The van der Waals surface area contributed by atoms with E-state index in [1.165, 1.54) is 12.8 Å². The summed E-state index contributed by atoms with van der Waals surface area (Å²) in [4.78, 5) is 14.7. The summed E-state index contributed by atoms with van der Waals surface area (Å²) in [7, 11) is 0. The highest BCUT2D eigenvalue weighted by atomic mass is 16.5. The van der Waals surface area contributed by atoms with Gasteiger partial charge in [0.2, 0.25) is 5.91 Å². The highest BCUT2D eigenvalue weighted by molar-refractivity contribution is 5.82. The van der Waals surface area contributed by atoms with Gasteiger partial charge < -0.3 is 10.1 Å². The quantitative estimate of drug-likeness (QED) is 0.551. The summed E-state index contributed by atoms with van der Waals surface area (Å²) in [5.74, 6) is 2.71. The first kappa shape index (κ1) is 18.0. The summed E-state index contributed by atoms with van der Waals surface area (Å²) in [6.07, 6.45) is 10.3. The molecular weight excluding hydrogens is 264 g/mol. The molecule has 0 saturated carbocycles. The number of terminal acetylenes is 1. The number of carbonyl (C=O) groups excluding carboxylic acids is 1. The molecule has 1 aliphatic heterocycles. The average Bonchev–Trinajstić information content (AvgIpc) is 2.89. The molecule has 1 amide bonds. The zero-order valence-electron chi connectivity index (χ0n) is 13.8. The Hall–Kier alpha value is -1.05. The average molecular weight is 294 g/mol. The van der Waals surface area contributed by atoms with Crippen LogP contribution in [0, 0.1) is 12.3 Å². The second kappa shape index (κ2) is 9.07. The van der Waals surface area contributed by atoms with E-state index >= 15 is 0 Å². The minimum Gasteiger partial charge on any atom is -0.379 e. The molecule has 0 bridgehead atoms. The molecule has 4 nitrogen and oxygen atoms in total. The molecule has 1 N–H and O–H groups in total. The molecular formula is C17H30N2O2. The molecule has 1 atom stereocenters. The SMILES string of the molecule is C#CCCCCOCC(C(=O)NC(C)(C)C)N1CCCC1. The number of nitrogens with zero attached hydrogens (tertiary/aromatic N) is 1. The van der Waals surface area contributed by atoms with Crippen molar-refractivity contribution in [2.24, 2.45) is 0 Å². The zero-order chi connectivity index (χ0) is 15.7. The fraction of sp³-hybridized carbons (Fsp3) is 0.824. The van der Waals surface area contributed by atoms with Gasteiger partial charge in [0, 0.05) is 18.6 Å². The van der Waals surface area contributed by atoms with E-state index in [9.17, 15) is 4.79 Å².